The van der Waals surface area contributed by atoms with Gasteiger partial charge in [-0.05, 0) is 19.0 Å². The standard InChI is InChI=1S/C38H77Cl3Si/c1-42(40,41)38-36-34-32-30-28-26-24-22-20-18-16-14-12-10-8-6-4-2-3-5-7-9-11-13-15-17-19-21-23-25-27-29-31-33-35-37-39/h2-38H2,1H3. The molecule has 0 atom stereocenters. The van der Waals surface area contributed by atoms with Crippen LogP contribution < -0.4 is 0 Å². The average molecular weight is 668 g/mol. The minimum absolute atomic E-state index is 0.844. The fourth-order valence-corrected chi connectivity index (χ4v) is 8.23. The van der Waals surface area contributed by atoms with E-state index in [1.807, 2.05) is 6.55 Å². The van der Waals surface area contributed by atoms with Crippen molar-refractivity contribution in [1.29, 1.82) is 0 Å². The van der Waals surface area contributed by atoms with Crippen molar-refractivity contribution in [2.24, 2.45) is 0 Å². The highest BCUT2D eigenvalue weighted by atomic mass is 35.7. The number of halogens is 3. The van der Waals surface area contributed by atoms with Crippen LogP contribution >= 0.6 is 33.8 Å². The van der Waals surface area contributed by atoms with Gasteiger partial charge in [-0.3, -0.25) is 0 Å². The van der Waals surface area contributed by atoms with E-state index in [2.05, 4.69) is 0 Å². The van der Waals surface area contributed by atoms with Crippen LogP contribution in [0.3, 0.4) is 0 Å². The van der Waals surface area contributed by atoms with Gasteiger partial charge in [-0.15, -0.1) is 33.8 Å². The van der Waals surface area contributed by atoms with Gasteiger partial charge in [-0.25, -0.2) is 0 Å². The minimum Gasteiger partial charge on any atom is -0.146 e. The third-order valence-electron chi connectivity index (χ3n) is 9.25. The fraction of sp³-hybridized carbons (Fsp3) is 1.00. The Morgan fingerprint density at radius 3 is 0.548 bits per heavy atom. The van der Waals surface area contributed by atoms with E-state index >= 15 is 0 Å². The molecule has 0 nitrogen and oxygen atoms in total. The zero-order valence-electron chi connectivity index (χ0n) is 28.8. The molecule has 254 valence electrons. The fourth-order valence-electron chi connectivity index (χ4n) is 6.36. The highest BCUT2D eigenvalue weighted by Crippen LogP contribution is 2.23. The first-order valence-corrected chi connectivity index (χ1v) is 24.8. The third-order valence-corrected chi connectivity index (χ3v) is 11.9. The Bertz CT molecular complexity index is 479. The molecule has 0 aliphatic carbocycles. The number of hydrogen-bond donors (Lipinski definition) is 0. The summed E-state index contributed by atoms with van der Waals surface area (Å²) >= 11 is 18.1. The van der Waals surface area contributed by atoms with Crippen molar-refractivity contribution in [2.45, 2.75) is 237 Å². The van der Waals surface area contributed by atoms with Crippen LogP contribution in [-0.4, -0.2) is 12.6 Å². The van der Waals surface area contributed by atoms with Crippen molar-refractivity contribution in [1.82, 2.24) is 0 Å². The molecule has 0 aliphatic heterocycles. The lowest BCUT2D eigenvalue weighted by Gasteiger charge is -2.09. The molecular formula is C38H77Cl3Si. The van der Waals surface area contributed by atoms with E-state index in [1.165, 1.54) is 225 Å². The molecule has 0 rings (SSSR count). The molecule has 0 fully saturated rings. The van der Waals surface area contributed by atoms with E-state index < -0.39 is 6.69 Å². The maximum Gasteiger partial charge on any atom is 0.248 e. The predicted octanol–water partition coefficient (Wildman–Crippen LogP) is 16.4. The molecule has 0 heterocycles. The van der Waals surface area contributed by atoms with Gasteiger partial charge in [0.1, 0.15) is 0 Å². The molecule has 0 aliphatic rings. The van der Waals surface area contributed by atoms with E-state index in [-0.39, 0.29) is 0 Å². The summed E-state index contributed by atoms with van der Waals surface area (Å²) < 4.78 is 0. The smallest absolute Gasteiger partial charge is 0.146 e. The quantitative estimate of drug-likeness (QED) is 0.0268. The molecule has 0 saturated heterocycles. The van der Waals surface area contributed by atoms with Crippen LogP contribution in [0.15, 0.2) is 0 Å². The summed E-state index contributed by atoms with van der Waals surface area (Å²) in [5, 5.41) is 0. The molecule has 0 aromatic heterocycles. The molecule has 0 amide bonds. The zero-order valence-corrected chi connectivity index (χ0v) is 32.1. The van der Waals surface area contributed by atoms with Gasteiger partial charge in [0.15, 0.2) is 0 Å². The molecular weight excluding hydrogens is 591 g/mol. The van der Waals surface area contributed by atoms with Crippen molar-refractivity contribution < 1.29 is 0 Å². The van der Waals surface area contributed by atoms with Crippen molar-refractivity contribution in [3.05, 3.63) is 0 Å². The van der Waals surface area contributed by atoms with Crippen LogP contribution in [0.2, 0.25) is 12.6 Å². The Kier molecular flexibility index (Phi) is 37.5. The van der Waals surface area contributed by atoms with E-state index in [4.69, 9.17) is 33.8 Å². The summed E-state index contributed by atoms with van der Waals surface area (Å²) in [6.07, 6.45) is 50.4. The number of hydrogen-bond acceptors (Lipinski definition) is 0. The first-order valence-electron chi connectivity index (χ1n) is 19.5. The summed E-state index contributed by atoms with van der Waals surface area (Å²) in [7, 11) is 0. The summed E-state index contributed by atoms with van der Waals surface area (Å²) in [6, 6.07) is 1.06. The van der Waals surface area contributed by atoms with E-state index in [9.17, 15) is 0 Å². The minimum atomic E-state index is -1.84. The molecule has 0 N–H and O–H groups in total. The Labute approximate surface area is 282 Å². The summed E-state index contributed by atoms with van der Waals surface area (Å²) in [4.78, 5) is 0. The normalized spacial score (nSPS) is 12.0. The van der Waals surface area contributed by atoms with Crippen LogP contribution in [0.25, 0.3) is 0 Å². The van der Waals surface area contributed by atoms with Gasteiger partial charge in [0.2, 0.25) is 6.69 Å². The summed E-state index contributed by atoms with van der Waals surface area (Å²) in [5.41, 5.74) is 0. The first-order chi connectivity index (χ1) is 20.6. The lowest BCUT2D eigenvalue weighted by Crippen LogP contribution is -2.11. The summed E-state index contributed by atoms with van der Waals surface area (Å²) in [6.45, 7) is 0.200. The van der Waals surface area contributed by atoms with Crippen LogP contribution in [0.5, 0.6) is 0 Å². The SMILES string of the molecule is C[Si](Cl)(Cl)CCCCCCCCCCCCCCCCCCCCCCCCCCCCCCCCCCCCCCl. The predicted molar refractivity (Wildman–Crippen MR) is 200 cm³/mol. The molecule has 4 heteroatoms. The topological polar surface area (TPSA) is 0 Å². The van der Waals surface area contributed by atoms with E-state index in [0.29, 0.717) is 0 Å². The molecule has 0 radical (unpaired) electrons. The van der Waals surface area contributed by atoms with Gasteiger partial charge >= 0.3 is 0 Å². The first kappa shape index (κ1) is 43.1. The molecule has 0 spiro atoms. The molecule has 0 aromatic carbocycles. The Balaban J connectivity index is 3.04. The van der Waals surface area contributed by atoms with Crippen LogP contribution in [0, 0.1) is 0 Å². The Hall–Kier alpha value is 1.09. The Morgan fingerprint density at radius 2 is 0.405 bits per heavy atom. The van der Waals surface area contributed by atoms with Crippen molar-refractivity contribution >= 4 is 40.5 Å². The second-order valence-electron chi connectivity index (χ2n) is 13.9. The van der Waals surface area contributed by atoms with Gasteiger partial charge in [-0.1, -0.05) is 218 Å². The van der Waals surface area contributed by atoms with Gasteiger partial charge in [0.05, 0.1) is 0 Å². The lowest BCUT2D eigenvalue weighted by atomic mass is 10.0. The van der Waals surface area contributed by atoms with Crippen LogP contribution in [0.1, 0.15) is 225 Å². The lowest BCUT2D eigenvalue weighted by molar-refractivity contribution is 0.511. The average Bonchev–Trinajstić information content (AvgIpc) is 2.96. The number of rotatable bonds is 37. The maximum absolute atomic E-state index is 6.16. The highest BCUT2D eigenvalue weighted by molar-refractivity contribution is 7.44. The van der Waals surface area contributed by atoms with Gasteiger partial charge < -0.3 is 0 Å². The van der Waals surface area contributed by atoms with E-state index in [0.717, 1.165) is 11.9 Å². The van der Waals surface area contributed by atoms with Crippen molar-refractivity contribution in [3.63, 3.8) is 0 Å². The van der Waals surface area contributed by atoms with Crippen molar-refractivity contribution in [3.8, 4) is 0 Å². The molecule has 0 saturated carbocycles. The molecule has 0 aromatic rings. The van der Waals surface area contributed by atoms with Crippen LogP contribution in [-0.2, 0) is 0 Å². The molecule has 42 heavy (non-hydrogen) atoms. The summed E-state index contributed by atoms with van der Waals surface area (Å²) in [5.74, 6) is 0.844. The highest BCUT2D eigenvalue weighted by Gasteiger charge is 2.19. The second kappa shape index (κ2) is 36.6. The van der Waals surface area contributed by atoms with Crippen molar-refractivity contribution in [2.75, 3.05) is 5.88 Å². The largest absolute Gasteiger partial charge is 0.248 e. The monoisotopic (exact) mass is 666 g/mol. The number of alkyl halides is 1. The van der Waals surface area contributed by atoms with E-state index in [1.54, 1.807) is 0 Å². The molecule has 0 bridgehead atoms. The zero-order chi connectivity index (χ0) is 30.7. The van der Waals surface area contributed by atoms with Gasteiger partial charge in [-0.2, -0.15) is 0 Å². The maximum atomic E-state index is 6.16. The third kappa shape index (κ3) is 41.1. The van der Waals surface area contributed by atoms with Gasteiger partial charge in [0.25, 0.3) is 0 Å². The number of unbranched alkanes of at least 4 members (excludes halogenated alkanes) is 34. The van der Waals surface area contributed by atoms with Gasteiger partial charge in [0, 0.05) is 5.88 Å². The van der Waals surface area contributed by atoms with Crippen LogP contribution in [0.4, 0.5) is 0 Å². The second-order valence-corrected chi connectivity index (χ2v) is 22.5. The molecule has 0 unspecified atom stereocenters. The Morgan fingerprint density at radius 1 is 0.262 bits per heavy atom.